The van der Waals surface area contributed by atoms with Crippen molar-refractivity contribution >= 4 is 11.9 Å². The Morgan fingerprint density at radius 1 is 1.10 bits per heavy atom. The van der Waals surface area contributed by atoms with E-state index in [1.54, 1.807) is 12.2 Å². The molecule has 1 aliphatic carbocycles. The van der Waals surface area contributed by atoms with Crippen LogP contribution >= 0.6 is 0 Å². The number of aryl methyl sites for hydroxylation is 2. The summed E-state index contributed by atoms with van der Waals surface area (Å²) < 4.78 is 26.0. The summed E-state index contributed by atoms with van der Waals surface area (Å²) in [6.45, 7) is 12.2. The predicted molar refractivity (Wildman–Crippen MR) is 165 cm³/mol. The molecule has 2 aromatic rings. The average Bonchev–Trinajstić information content (AvgIpc) is 3.23. The topological polar surface area (TPSA) is 67.9 Å². The van der Waals surface area contributed by atoms with E-state index in [2.05, 4.69) is 55.6 Å². The first kappa shape index (κ1) is 31.1. The fraction of sp³-hybridized carbons (Fsp3) is 0.429. The van der Waals surface area contributed by atoms with Crippen LogP contribution in [0.15, 0.2) is 71.7 Å². The van der Waals surface area contributed by atoms with Crippen molar-refractivity contribution in [3.05, 3.63) is 88.4 Å². The van der Waals surface area contributed by atoms with Gasteiger partial charge in [0.1, 0.15) is 23.8 Å². The van der Waals surface area contributed by atoms with E-state index >= 15 is 0 Å². The molecule has 0 bridgehead atoms. The summed E-state index contributed by atoms with van der Waals surface area (Å²) in [7, 11) is 0. The summed E-state index contributed by atoms with van der Waals surface area (Å²) in [4.78, 5) is 25.8. The minimum Gasteiger partial charge on any atom is -0.492 e. The van der Waals surface area contributed by atoms with Gasteiger partial charge in [-0.15, -0.1) is 0 Å². The van der Waals surface area contributed by atoms with E-state index in [1.807, 2.05) is 31.7 Å². The molecule has 0 atom stereocenters. The van der Waals surface area contributed by atoms with Gasteiger partial charge in [-0.25, -0.2) is 4.39 Å². The predicted octanol–water partition coefficient (Wildman–Crippen LogP) is 7.25. The van der Waals surface area contributed by atoms with E-state index in [9.17, 15) is 14.0 Å². The molecular formula is C35H43FN2O4. The summed E-state index contributed by atoms with van der Waals surface area (Å²) in [6.07, 6.45) is 7.66. The molecule has 2 aromatic carbocycles. The van der Waals surface area contributed by atoms with Gasteiger partial charge in [0.15, 0.2) is 0 Å². The van der Waals surface area contributed by atoms with Crippen LogP contribution in [-0.4, -0.2) is 42.1 Å². The molecule has 1 amide bonds. The second kappa shape index (κ2) is 13.9. The summed E-state index contributed by atoms with van der Waals surface area (Å²) in [6, 6.07) is 12.5. The molecule has 1 fully saturated rings. The first-order chi connectivity index (χ1) is 20.0. The Labute approximate surface area is 249 Å². The molecule has 7 heteroatoms. The number of likely N-dealkylation sites (tertiary alicyclic amines) is 1. The highest BCUT2D eigenvalue weighted by atomic mass is 19.1. The Morgan fingerprint density at radius 2 is 1.86 bits per heavy atom. The van der Waals surface area contributed by atoms with E-state index in [0.29, 0.717) is 44.5 Å². The van der Waals surface area contributed by atoms with Gasteiger partial charge in [-0.3, -0.25) is 9.59 Å². The lowest BCUT2D eigenvalue weighted by Crippen LogP contribution is -2.29. The van der Waals surface area contributed by atoms with Crippen molar-refractivity contribution in [1.29, 1.82) is 0 Å². The van der Waals surface area contributed by atoms with Crippen molar-refractivity contribution in [2.75, 3.05) is 19.7 Å². The summed E-state index contributed by atoms with van der Waals surface area (Å²) in [5.41, 5.74) is 6.54. The maximum atomic E-state index is 14.7. The number of nitrogens with zero attached hydrogens (tertiary/aromatic N) is 1. The smallest absolute Gasteiger partial charge is 0.306 e. The Morgan fingerprint density at radius 3 is 2.55 bits per heavy atom. The number of esters is 1. The van der Waals surface area contributed by atoms with Crippen molar-refractivity contribution in [2.45, 2.75) is 78.9 Å². The third kappa shape index (κ3) is 8.81. The monoisotopic (exact) mass is 574 g/mol. The van der Waals surface area contributed by atoms with Gasteiger partial charge in [0.25, 0.3) is 0 Å². The molecule has 0 radical (unpaired) electrons. The van der Waals surface area contributed by atoms with Crippen molar-refractivity contribution in [3.63, 3.8) is 0 Å². The summed E-state index contributed by atoms with van der Waals surface area (Å²) in [5.74, 6) is 0.408. The zero-order valence-electron chi connectivity index (χ0n) is 25.5. The average molecular weight is 575 g/mol. The van der Waals surface area contributed by atoms with Gasteiger partial charge >= 0.3 is 5.97 Å². The molecule has 224 valence electrons. The van der Waals surface area contributed by atoms with Gasteiger partial charge in [0, 0.05) is 38.0 Å². The molecule has 1 saturated heterocycles. The first-order valence-electron chi connectivity index (χ1n) is 14.8. The number of hydrogen-bond acceptors (Lipinski definition) is 5. The van der Waals surface area contributed by atoms with Gasteiger partial charge in [-0.05, 0) is 111 Å². The number of carbonyl (C=O) groups excluding carboxylic acids is 2. The number of rotatable bonds is 11. The highest BCUT2D eigenvalue weighted by Gasteiger charge is 2.20. The number of hydrogen-bond donors (Lipinski definition) is 1. The van der Waals surface area contributed by atoms with E-state index in [-0.39, 0.29) is 24.1 Å². The van der Waals surface area contributed by atoms with Crippen LogP contribution in [-0.2, 0) is 20.9 Å². The SMILES string of the molecule is Cc1cc(OCCN2CCCC2=O)cc(C)c1-c1cccc(CNC2=CC=C(CCC(=O)OC(C)(C)C)C(F)=CC2)c1. The lowest BCUT2D eigenvalue weighted by Gasteiger charge is -2.19. The molecule has 42 heavy (non-hydrogen) atoms. The molecule has 0 unspecified atom stereocenters. The minimum atomic E-state index is -0.552. The third-order valence-electron chi connectivity index (χ3n) is 7.35. The Bertz CT molecular complexity index is 1380. The van der Waals surface area contributed by atoms with Gasteiger partial charge in [0.2, 0.25) is 5.91 Å². The van der Waals surface area contributed by atoms with Crippen LogP contribution < -0.4 is 10.1 Å². The van der Waals surface area contributed by atoms with E-state index in [0.717, 1.165) is 46.7 Å². The van der Waals surface area contributed by atoms with Crippen LogP contribution in [0.4, 0.5) is 4.39 Å². The number of amides is 1. The lowest BCUT2D eigenvalue weighted by atomic mass is 9.94. The van der Waals surface area contributed by atoms with Crippen molar-refractivity contribution in [1.82, 2.24) is 10.2 Å². The molecular weight excluding hydrogens is 531 g/mol. The van der Waals surface area contributed by atoms with Crippen LogP contribution in [0, 0.1) is 13.8 Å². The molecule has 1 heterocycles. The van der Waals surface area contributed by atoms with E-state index < -0.39 is 5.60 Å². The number of allylic oxidation sites excluding steroid dienone is 5. The van der Waals surface area contributed by atoms with Crippen LogP contribution in [0.2, 0.25) is 0 Å². The van der Waals surface area contributed by atoms with Crippen LogP contribution in [0.3, 0.4) is 0 Å². The number of carbonyl (C=O) groups is 2. The van der Waals surface area contributed by atoms with Gasteiger partial charge < -0.3 is 19.7 Å². The quantitative estimate of drug-likeness (QED) is 0.286. The molecule has 4 rings (SSSR count). The number of benzene rings is 2. The van der Waals surface area contributed by atoms with Crippen molar-refractivity contribution < 1.29 is 23.5 Å². The Kier molecular flexibility index (Phi) is 10.3. The van der Waals surface area contributed by atoms with E-state index in [1.165, 1.54) is 5.56 Å². The minimum absolute atomic E-state index is 0.138. The van der Waals surface area contributed by atoms with Gasteiger partial charge in [-0.2, -0.15) is 0 Å². The second-order valence-corrected chi connectivity index (χ2v) is 12.0. The van der Waals surface area contributed by atoms with Crippen LogP contribution in [0.1, 0.15) is 69.6 Å². The van der Waals surface area contributed by atoms with Crippen LogP contribution in [0.25, 0.3) is 11.1 Å². The summed E-state index contributed by atoms with van der Waals surface area (Å²) >= 11 is 0. The molecule has 2 aliphatic rings. The molecule has 6 nitrogen and oxygen atoms in total. The lowest BCUT2D eigenvalue weighted by molar-refractivity contribution is -0.154. The molecule has 1 N–H and O–H groups in total. The third-order valence-corrected chi connectivity index (χ3v) is 7.35. The van der Waals surface area contributed by atoms with E-state index in [4.69, 9.17) is 9.47 Å². The molecule has 1 aliphatic heterocycles. The fourth-order valence-electron chi connectivity index (χ4n) is 5.37. The van der Waals surface area contributed by atoms with Crippen LogP contribution in [0.5, 0.6) is 5.75 Å². The summed E-state index contributed by atoms with van der Waals surface area (Å²) in [5, 5.41) is 3.45. The van der Waals surface area contributed by atoms with Gasteiger partial charge in [-0.1, -0.05) is 24.3 Å². The highest BCUT2D eigenvalue weighted by Crippen LogP contribution is 2.32. The Balaban J connectivity index is 1.36. The second-order valence-electron chi connectivity index (χ2n) is 12.0. The highest BCUT2D eigenvalue weighted by molar-refractivity contribution is 5.78. The number of ether oxygens (including phenoxy) is 2. The number of halogens is 1. The normalized spacial score (nSPS) is 15.5. The number of nitrogens with one attached hydrogen (secondary N) is 1. The molecule has 0 saturated carbocycles. The maximum absolute atomic E-state index is 14.7. The van der Waals surface area contributed by atoms with Crippen molar-refractivity contribution in [2.24, 2.45) is 0 Å². The standard InChI is InChI=1S/C35H43FN2O4/c1-24-20-30(41-19-18-38-17-7-10-32(38)39)21-25(2)34(24)28-9-6-8-26(22-28)23-37-29-13-11-27(31(36)15-14-29)12-16-33(40)42-35(3,4)5/h6,8-9,11,13,15,20-22,37H,7,10,12,14,16-19,23H2,1-5H3. The zero-order valence-corrected chi connectivity index (χ0v) is 25.5. The maximum Gasteiger partial charge on any atom is 0.306 e. The zero-order chi connectivity index (χ0) is 30.3. The largest absolute Gasteiger partial charge is 0.492 e. The van der Waals surface area contributed by atoms with Crippen molar-refractivity contribution in [3.8, 4) is 16.9 Å². The molecule has 0 aromatic heterocycles. The van der Waals surface area contributed by atoms with Gasteiger partial charge in [0.05, 0.1) is 6.54 Å². The molecule has 0 spiro atoms. The fourth-order valence-corrected chi connectivity index (χ4v) is 5.37. The Hall–Kier alpha value is -3.87. The first-order valence-corrected chi connectivity index (χ1v) is 14.8.